The van der Waals surface area contributed by atoms with Crippen LogP contribution in [0.2, 0.25) is 0 Å². The summed E-state index contributed by atoms with van der Waals surface area (Å²) >= 11 is 0. The summed E-state index contributed by atoms with van der Waals surface area (Å²) in [5, 5.41) is 13.7. The van der Waals surface area contributed by atoms with Crippen LogP contribution in [-0.2, 0) is 6.42 Å². The van der Waals surface area contributed by atoms with Gasteiger partial charge in [0.15, 0.2) is 5.82 Å². The molecule has 2 aromatic heterocycles. The molecule has 0 saturated carbocycles. The zero-order valence-electron chi connectivity index (χ0n) is 10.5. The minimum atomic E-state index is -0.396. The molecule has 0 radical (unpaired) electrons. The molecule has 0 fully saturated rings. The van der Waals surface area contributed by atoms with E-state index in [-0.39, 0.29) is 5.69 Å². The predicted molar refractivity (Wildman–Crippen MR) is 73.1 cm³/mol. The van der Waals surface area contributed by atoms with Crippen molar-refractivity contribution in [1.82, 2.24) is 9.97 Å². The van der Waals surface area contributed by atoms with E-state index in [1.165, 1.54) is 6.07 Å². The van der Waals surface area contributed by atoms with E-state index in [0.717, 1.165) is 25.0 Å². The molecule has 0 bridgehead atoms. The first-order chi connectivity index (χ1) is 9.27. The van der Waals surface area contributed by atoms with Crippen LogP contribution in [-0.4, -0.2) is 21.4 Å². The van der Waals surface area contributed by atoms with Gasteiger partial charge in [0.1, 0.15) is 0 Å². The van der Waals surface area contributed by atoms with Crippen molar-refractivity contribution < 1.29 is 4.92 Å². The average molecular weight is 260 g/mol. The van der Waals surface area contributed by atoms with Crippen LogP contribution in [0.15, 0.2) is 36.7 Å². The molecule has 0 aliphatic rings. The maximum Gasteiger partial charge on any atom is 0.310 e. The van der Waals surface area contributed by atoms with Crippen LogP contribution in [0, 0.1) is 10.1 Å². The topological polar surface area (TPSA) is 83.8 Å². The van der Waals surface area contributed by atoms with Gasteiger partial charge in [-0.3, -0.25) is 15.1 Å². The SMILES string of the molecule is O=[N+]([O-])c1cc[nH]c1NCCCCc1ccccn1. The predicted octanol–water partition coefficient (Wildman–Crippen LogP) is 2.75. The number of nitro groups is 1. The number of anilines is 1. The Balaban J connectivity index is 1.70. The molecule has 2 aromatic rings. The molecule has 2 rings (SSSR count). The normalized spacial score (nSPS) is 10.3. The molecule has 19 heavy (non-hydrogen) atoms. The lowest BCUT2D eigenvalue weighted by Crippen LogP contribution is -2.04. The highest BCUT2D eigenvalue weighted by atomic mass is 16.6. The molecule has 0 saturated heterocycles. The monoisotopic (exact) mass is 260 g/mol. The fraction of sp³-hybridized carbons (Fsp3) is 0.308. The van der Waals surface area contributed by atoms with E-state index in [9.17, 15) is 10.1 Å². The first-order valence-electron chi connectivity index (χ1n) is 6.23. The molecule has 0 unspecified atom stereocenters. The molecule has 0 aromatic carbocycles. The number of hydrogen-bond donors (Lipinski definition) is 2. The Morgan fingerprint density at radius 1 is 1.32 bits per heavy atom. The lowest BCUT2D eigenvalue weighted by atomic mass is 10.2. The van der Waals surface area contributed by atoms with E-state index in [1.54, 1.807) is 12.4 Å². The van der Waals surface area contributed by atoms with Crippen LogP contribution in [0.3, 0.4) is 0 Å². The molecule has 6 heteroatoms. The third kappa shape index (κ3) is 3.80. The molecule has 2 heterocycles. The van der Waals surface area contributed by atoms with Gasteiger partial charge in [0.05, 0.1) is 4.92 Å². The highest BCUT2D eigenvalue weighted by Crippen LogP contribution is 2.21. The number of rotatable bonds is 7. The van der Waals surface area contributed by atoms with E-state index in [2.05, 4.69) is 15.3 Å². The van der Waals surface area contributed by atoms with Gasteiger partial charge in [0.2, 0.25) is 0 Å². The molecular weight excluding hydrogens is 244 g/mol. The standard InChI is InChI=1S/C13H16N4O2/c18-17(19)12-7-10-16-13(12)15-9-4-2-6-11-5-1-3-8-14-11/h1,3,5,7-8,10,15-16H,2,4,6,9H2. The number of aromatic nitrogens is 2. The minimum absolute atomic E-state index is 0.0877. The van der Waals surface area contributed by atoms with Crippen LogP contribution in [0.1, 0.15) is 18.5 Å². The van der Waals surface area contributed by atoms with Crippen molar-refractivity contribution >= 4 is 11.5 Å². The number of unbranched alkanes of at least 4 members (excludes halogenated alkanes) is 1. The number of hydrogen-bond acceptors (Lipinski definition) is 4. The number of nitrogens with zero attached hydrogens (tertiary/aromatic N) is 2. The van der Waals surface area contributed by atoms with Gasteiger partial charge in [0.25, 0.3) is 0 Å². The van der Waals surface area contributed by atoms with E-state index in [1.807, 2.05) is 18.2 Å². The third-order valence-electron chi connectivity index (χ3n) is 2.81. The van der Waals surface area contributed by atoms with Crippen molar-refractivity contribution in [2.45, 2.75) is 19.3 Å². The number of H-pyrrole nitrogens is 1. The van der Waals surface area contributed by atoms with Crippen LogP contribution in [0.4, 0.5) is 11.5 Å². The second-order valence-electron chi connectivity index (χ2n) is 4.20. The lowest BCUT2D eigenvalue weighted by molar-refractivity contribution is -0.383. The van der Waals surface area contributed by atoms with Crippen LogP contribution >= 0.6 is 0 Å². The van der Waals surface area contributed by atoms with Gasteiger partial charge in [-0.05, 0) is 31.4 Å². The van der Waals surface area contributed by atoms with Crippen molar-refractivity contribution in [1.29, 1.82) is 0 Å². The van der Waals surface area contributed by atoms with Crippen molar-refractivity contribution in [3.8, 4) is 0 Å². The third-order valence-corrected chi connectivity index (χ3v) is 2.81. The zero-order chi connectivity index (χ0) is 13.5. The van der Waals surface area contributed by atoms with E-state index in [4.69, 9.17) is 0 Å². The summed E-state index contributed by atoms with van der Waals surface area (Å²) in [5.74, 6) is 0.475. The molecule has 0 spiro atoms. The highest BCUT2D eigenvalue weighted by molar-refractivity contribution is 5.56. The molecule has 100 valence electrons. The number of pyridine rings is 1. The summed E-state index contributed by atoms with van der Waals surface area (Å²) in [6, 6.07) is 7.33. The van der Waals surface area contributed by atoms with Crippen LogP contribution in [0.5, 0.6) is 0 Å². The Hall–Kier alpha value is -2.37. The lowest BCUT2D eigenvalue weighted by Gasteiger charge is -2.04. The summed E-state index contributed by atoms with van der Waals surface area (Å²) in [6.07, 6.45) is 6.21. The van der Waals surface area contributed by atoms with Crippen molar-refractivity contribution in [2.24, 2.45) is 0 Å². The van der Waals surface area contributed by atoms with Gasteiger partial charge in [0, 0.05) is 30.7 Å². The highest BCUT2D eigenvalue weighted by Gasteiger charge is 2.13. The number of aromatic amines is 1. The van der Waals surface area contributed by atoms with Crippen LogP contribution in [0.25, 0.3) is 0 Å². The second-order valence-corrected chi connectivity index (χ2v) is 4.20. The van der Waals surface area contributed by atoms with Crippen molar-refractivity contribution in [3.05, 3.63) is 52.5 Å². The summed E-state index contributed by atoms with van der Waals surface area (Å²) in [6.45, 7) is 0.703. The van der Waals surface area contributed by atoms with Crippen LogP contribution < -0.4 is 5.32 Å². The van der Waals surface area contributed by atoms with Gasteiger partial charge >= 0.3 is 5.69 Å². The van der Waals surface area contributed by atoms with Gasteiger partial charge in [-0.15, -0.1) is 0 Å². The zero-order valence-corrected chi connectivity index (χ0v) is 10.5. The smallest absolute Gasteiger partial charge is 0.310 e. The largest absolute Gasteiger partial charge is 0.366 e. The number of aryl methyl sites for hydroxylation is 1. The van der Waals surface area contributed by atoms with E-state index in [0.29, 0.717) is 12.4 Å². The Kier molecular flexibility index (Phi) is 4.49. The van der Waals surface area contributed by atoms with Gasteiger partial charge in [-0.1, -0.05) is 6.07 Å². The summed E-state index contributed by atoms with van der Waals surface area (Å²) < 4.78 is 0. The maximum absolute atomic E-state index is 10.7. The summed E-state index contributed by atoms with van der Waals surface area (Å²) in [7, 11) is 0. The Labute approximate surface area is 111 Å². The quantitative estimate of drug-likeness (QED) is 0.455. The molecule has 0 aliphatic heterocycles. The van der Waals surface area contributed by atoms with Gasteiger partial charge in [-0.25, -0.2) is 0 Å². The summed E-state index contributed by atoms with van der Waals surface area (Å²) in [5.41, 5.74) is 1.16. The minimum Gasteiger partial charge on any atom is -0.366 e. The first kappa shape index (κ1) is 13.1. The first-order valence-corrected chi connectivity index (χ1v) is 6.23. The molecule has 0 aliphatic carbocycles. The molecule has 0 amide bonds. The Morgan fingerprint density at radius 3 is 2.95 bits per heavy atom. The Bertz CT molecular complexity index is 524. The van der Waals surface area contributed by atoms with Crippen molar-refractivity contribution in [2.75, 3.05) is 11.9 Å². The molecule has 0 atom stereocenters. The molecule has 6 nitrogen and oxygen atoms in total. The Morgan fingerprint density at radius 2 is 2.21 bits per heavy atom. The van der Waals surface area contributed by atoms with Crippen molar-refractivity contribution in [3.63, 3.8) is 0 Å². The average Bonchev–Trinajstić information content (AvgIpc) is 2.88. The van der Waals surface area contributed by atoms with Gasteiger partial charge < -0.3 is 10.3 Å². The second kappa shape index (κ2) is 6.53. The number of nitrogens with one attached hydrogen (secondary N) is 2. The van der Waals surface area contributed by atoms with Gasteiger partial charge in [-0.2, -0.15) is 0 Å². The summed E-state index contributed by atoms with van der Waals surface area (Å²) in [4.78, 5) is 17.4. The maximum atomic E-state index is 10.7. The molecular formula is C13H16N4O2. The molecule has 2 N–H and O–H groups in total. The van der Waals surface area contributed by atoms with E-state index >= 15 is 0 Å². The van der Waals surface area contributed by atoms with E-state index < -0.39 is 4.92 Å². The fourth-order valence-corrected chi connectivity index (χ4v) is 1.85. The fourth-order valence-electron chi connectivity index (χ4n) is 1.85.